The first-order valence-electron chi connectivity index (χ1n) is 4.87. The van der Waals surface area contributed by atoms with Crippen LogP contribution in [0.25, 0.3) is 10.1 Å². The highest BCUT2D eigenvalue weighted by atomic mass is 79.9. The van der Waals surface area contributed by atoms with Gasteiger partial charge in [0.15, 0.2) is 11.4 Å². The number of fused-ring (bicyclic) bond motifs is 1. The largest absolute Gasteiger partial charge is 0.504 e. The third kappa shape index (κ3) is 2.88. The molecule has 2 aromatic heterocycles. The number of nitrogens with zero attached hydrogens (tertiary/aromatic N) is 1. The quantitative estimate of drug-likeness (QED) is 0.675. The molecule has 0 aliphatic heterocycles. The average Bonchev–Trinajstić information content (AvgIpc) is 2.73. The van der Waals surface area contributed by atoms with Crippen LogP contribution in [0.5, 0.6) is 5.75 Å². The molecule has 2 rings (SSSR count). The molecule has 0 atom stereocenters. The average molecular weight is 410 g/mol. The molecule has 0 unspecified atom stereocenters. The zero-order valence-corrected chi connectivity index (χ0v) is 13.1. The zero-order chi connectivity index (χ0) is 14.2. The lowest BCUT2D eigenvalue weighted by atomic mass is 10.2. The smallest absolute Gasteiger partial charge is 0.322 e. The Morgan fingerprint density at radius 3 is 2.74 bits per heavy atom. The number of carbonyl (C=O) groups is 2. The van der Waals surface area contributed by atoms with Gasteiger partial charge in [0.25, 0.3) is 5.91 Å². The second kappa shape index (κ2) is 5.43. The first-order chi connectivity index (χ1) is 8.90. The normalized spacial score (nSPS) is 10.6. The minimum absolute atomic E-state index is 0.213. The van der Waals surface area contributed by atoms with Crippen molar-refractivity contribution in [3.8, 4) is 5.75 Å². The van der Waals surface area contributed by atoms with Crippen LogP contribution in [-0.4, -0.2) is 33.6 Å². The summed E-state index contributed by atoms with van der Waals surface area (Å²) in [5.41, 5.74) is -0.213. The standard InChI is InChI=1S/C10H6Br2N2O4S/c11-4-1-3-8(19-4)7(17)6(14-9(3)12)10(18)13-2-5(15)16/h1,17H,2H2,(H,13,18)(H,15,16). The van der Waals surface area contributed by atoms with Crippen LogP contribution in [0.15, 0.2) is 14.5 Å². The molecule has 6 nitrogen and oxygen atoms in total. The van der Waals surface area contributed by atoms with Crippen molar-refractivity contribution in [2.24, 2.45) is 0 Å². The van der Waals surface area contributed by atoms with Crippen molar-refractivity contribution in [1.29, 1.82) is 0 Å². The van der Waals surface area contributed by atoms with Crippen molar-refractivity contribution in [2.75, 3.05) is 6.54 Å². The Balaban J connectivity index is 2.46. The van der Waals surface area contributed by atoms with E-state index in [1.54, 1.807) is 6.07 Å². The van der Waals surface area contributed by atoms with E-state index in [1.165, 1.54) is 11.3 Å². The number of carbonyl (C=O) groups excluding carboxylic acids is 1. The molecule has 0 aliphatic rings. The summed E-state index contributed by atoms with van der Waals surface area (Å²) in [6.45, 7) is -0.538. The summed E-state index contributed by atoms with van der Waals surface area (Å²) >= 11 is 7.74. The van der Waals surface area contributed by atoms with Gasteiger partial charge in [-0.2, -0.15) is 0 Å². The van der Waals surface area contributed by atoms with Crippen molar-refractivity contribution < 1.29 is 19.8 Å². The number of thiophene rings is 1. The van der Waals surface area contributed by atoms with Crippen LogP contribution in [0.3, 0.4) is 0 Å². The molecule has 2 heterocycles. The number of nitrogens with one attached hydrogen (secondary N) is 1. The fourth-order valence-corrected chi connectivity index (χ4v) is 3.57. The van der Waals surface area contributed by atoms with Gasteiger partial charge < -0.3 is 15.5 Å². The van der Waals surface area contributed by atoms with Crippen LogP contribution < -0.4 is 5.32 Å². The van der Waals surface area contributed by atoms with Crippen molar-refractivity contribution in [3.63, 3.8) is 0 Å². The number of aromatic hydroxyl groups is 1. The van der Waals surface area contributed by atoms with Gasteiger partial charge >= 0.3 is 5.97 Å². The summed E-state index contributed by atoms with van der Waals surface area (Å²) in [6.07, 6.45) is 0. The van der Waals surface area contributed by atoms with E-state index in [2.05, 4.69) is 42.2 Å². The summed E-state index contributed by atoms with van der Waals surface area (Å²) < 4.78 is 1.68. The number of hydrogen-bond acceptors (Lipinski definition) is 5. The van der Waals surface area contributed by atoms with Crippen LogP contribution in [0.1, 0.15) is 10.5 Å². The Labute approximate surface area is 127 Å². The van der Waals surface area contributed by atoms with Gasteiger partial charge in [-0.05, 0) is 37.9 Å². The van der Waals surface area contributed by atoms with E-state index in [9.17, 15) is 14.7 Å². The van der Waals surface area contributed by atoms with Gasteiger partial charge in [-0.1, -0.05) is 0 Å². The van der Waals surface area contributed by atoms with E-state index < -0.39 is 18.4 Å². The van der Waals surface area contributed by atoms with E-state index in [-0.39, 0.29) is 11.4 Å². The molecule has 0 saturated carbocycles. The summed E-state index contributed by atoms with van der Waals surface area (Å²) in [5.74, 6) is -2.18. The topological polar surface area (TPSA) is 99.5 Å². The second-order valence-electron chi connectivity index (χ2n) is 3.47. The van der Waals surface area contributed by atoms with E-state index in [0.717, 1.165) is 3.79 Å². The van der Waals surface area contributed by atoms with Crippen molar-refractivity contribution in [1.82, 2.24) is 10.3 Å². The van der Waals surface area contributed by atoms with Gasteiger partial charge in [-0.3, -0.25) is 9.59 Å². The summed E-state index contributed by atoms with van der Waals surface area (Å²) in [4.78, 5) is 26.1. The molecule has 3 N–H and O–H groups in total. The molecule has 0 saturated heterocycles. The molecule has 1 amide bonds. The van der Waals surface area contributed by atoms with Gasteiger partial charge in [-0.15, -0.1) is 11.3 Å². The molecule has 0 aliphatic carbocycles. The highest BCUT2D eigenvalue weighted by molar-refractivity contribution is 9.11. The molecule has 2 aromatic rings. The molecule has 100 valence electrons. The lowest BCUT2D eigenvalue weighted by Gasteiger charge is -2.06. The number of carboxylic acid groups (broad SMARTS) is 1. The fourth-order valence-electron chi connectivity index (χ4n) is 1.41. The Morgan fingerprint density at radius 2 is 2.11 bits per heavy atom. The lowest BCUT2D eigenvalue weighted by molar-refractivity contribution is -0.135. The highest BCUT2D eigenvalue weighted by Gasteiger charge is 2.20. The summed E-state index contributed by atoms with van der Waals surface area (Å²) in [7, 11) is 0. The Bertz CT molecular complexity index is 686. The Morgan fingerprint density at radius 1 is 1.42 bits per heavy atom. The van der Waals surface area contributed by atoms with Gasteiger partial charge in [0.1, 0.15) is 11.1 Å². The maximum absolute atomic E-state index is 11.7. The van der Waals surface area contributed by atoms with E-state index in [0.29, 0.717) is 14.7 Å². The van der Waals surface area contributed by atoms with E-state index >= 15 is 0 Å². The van der Waals surface area contributed by atoms with Crippen molar-refractivity contribution >= 4 is 65.2 Å². The van der Waals surface area contributed by atoms with Crippen LogP contribution >= 0.6 is 43.2 Å². The van der Waals surface area contributed by atoms with Crippen LogP contribution in [-0.2, 0) is 4.79 Å². The molecule has 0 aromatic carbocycles. The van der Waals surface area contributed by atoms with Crippen molar-refractivity contribution in [2.45, 2.75) is 0 Å². The minimum Gasteiger partial charge on any atom is -0.504 e. The molecule has 0 spiro atoms. The molecule has 0 fully saturated rings. The summed E-state index contributed by atoms with van der Waals surface area (Å²) in [6, 6.07) is 1.76. The molecular weight excluding hydrogens is 404 g/mol. The third-order valence-electron chi connectivity index (χ3n) is 2.19. The molecule has 0 radical (unpaired) electrons. The van der Waals surface area contributed by atoms with Crippen LogP contribution in [0.2, 0.25) is 0 Å². The van der Waals surface area contributed by atoms with Gasteiger partial charge in [0.2, 0.25) is 0 Å². The molecule has 19 heavy (non-hydrogen) atoms. The number of aliphatic carboxylic acids is 1. The number of amides is 1. The predicted molar refractivity (Wildman–Crippen MR) is 76.7 cm³/mol. The van der Waals surface area contributed by atoms with Crippen molar-refractivity contribution in [3.05, 3.63) is 20.1 Å². The number of pyridine rings is 1. The number of hydrogen-bond donors (Lipinski definition) is 3. The number of aromatic nitrogens is 1. The first kappa shape index (κ1) is 14.2. The SMILES string of the molecule is O=C(O)CNC(=O)c1nc(Br)c2cc(Br)sc2c1O. The molecule has 9 heteroatoms. The monoisotopic (exact) mass is 408 g/mol. The second-order valence-corrected chi connectivity index (χ2v) is 6.65. The lowest BCUT2D eigenvalue weighted by Crippen LogP contribution is -2.30. The maximum Gasteiger partial charge on any atom is 0.322 e. The molecule has 0 bridgehead atoms. The van der Waals surface area contributed by atoms with Gasteiger partial charge in [0, 0.05) is 5.39 Å². The van der Waals surface area contributed by atoms with Crippen LogP contribution in [0.4, 0.5) is 0 Å². The third-order valence-corrected chi connectivity index (χ3v) is 4.44. The van der Waals surface area contributed by atoms with Gasteiger partial charge in [0.05, 0.1) is 8.49 Å². The minimum atomic E-state index is -1.17. The fraction of sp³-hybridized carbons (Fsp3) is 0.100. The number of halogens is 2. The van der Waals surface area contributed by atoms with E-state index in [1.807, 2.05) is 0 Å². The van der Waals surface area contributed by atoms with Gasteiger partial charge in [-0.25, -0.2) is 4.98 Å². The molecular formula is C10H6Br2N2O4S. The Hall–Kier alpha value is -1.19. The highest BCUT2D eigenvalue weighted by Crippen LogP contribution is 2.40. The number of rotatable bonds is 3. The first-order valence-corrected chi connectivity index (χ1v) is 7.28. The predicted octanol–water partition coefficient (Wildman–Crippen LogP) is 2.34. The van der Waals surface area contributed by atoms with E-state index in [4.69, 9.17) is 5.11 Å². The van der Waals surface area contributed by atoms with Crippen LogP contribution in [0, 0.1) is 0 Å². The summed E-state index contributed by atoms with van der Waals surface area (Å²) in [5, 5.41) is 21.3. The number of carboxylic acids is 1. The zero-order valence-electron chi connectivity index (χ0n) is 9.11. The Kier molecular flexibility index (Phi) is 4.07. The maximum atomic E-state index is 11.7.